The van der Waals surface area contributed by atoms with E-state index in [2.05, 4.69) is 16.0 Å². The van der Waals surface area contributed by atoms with Gasteiger partial charge in [0.2, 0.25) is 5.91 Å². The lowest BCUT2D eigenvalue weighted by molar-refractivity contribution is -0.120. The van der Waals surface area contributed by atoms with Gasteiger partial charge in [-0.2, -0.15) is 0 Å². The Kier molecular flexibility index (Phi) is 6.85. The van der Waals surface area contributed by atoms with Gasteiger partial charge in [0.05, 0.1) is 6.10 Å². The van der Waals surface area contributed by atoms with Gasteiger partial charge in [0.15, 0.2) is 0 Å². The molecule has 1 aliphatic heterocycles. The van der Waals surface area contributed by atoms with Crippen LogP contribution in [0, 0.1) is 0 Å². The van der Waals surface area contributed by atoms with Gasteiger partial charge in [-0.05, 0) is 64.8 Å². The second-order valence-corrected chi connectivity index (χ2v) is 7.53. The van der Waals surface area contributed by atoms with E-state index in [4.69, 9.17) is 9.47 Å². The molecule has 2 rings (SSSR count). The molecule has 1 heterocycles. The van der Waals surface area contributed by atoms with Crippen LogP contribution in [0.4, 0.5) is 10.5 Å². The maximum Gasteiger partial charge on any atom is 0.321 e. The van der Waals surface area contributed by atoms with Gasteiger partial charge < -0.3 is 20.1 Å². The average molecular weight is 363 g/mol. The zero-order valence-electron chi connectivity index (χ0n) is 15.9. The van der Waals surface area contributed by atoms with Gasteiger partial charge in [0.1, 0.15) is 18.4 Å². The molecule has 0 saturated carbocycles. The summed E-state index contributed by atoms with van der Waals surface area (Å²) in [7, 11) is 0. The van der Waals surface area contributed by atoms with Crippen molar-refractivity contribution in [2.24, 2.45) is 0 Å². The Bertz CT molecular complexity index is 604. The Morgan fingerprint density at radius 2 is 1.96 bits per heavy atom. The summed E-state index contributed by atoms with van der Waals surface area (Å²) in [5.41, 5.74) is 0.369. The Morgan fingerprint density at radius 1 is 1.27 bits per heavy atom. The first-order valence-electron chi connectivity index (χ1n) is 8.97. The zero-order chi connectivity index (χ0) is 19.2. The molecule has 1 aromatic rings. The molecule has 0 unspecified atom stereocenters. The summed E-state index contributed by atoms with van der Waals surface area (Å²) in [6.45, 7) is 8.60. The zero-order valence-corrected chi connectivity index (χ0v) is 15.9. The van der Waals surface area contributed by atoms with Crippen molar-refractivity contribution < 1.29 is 19.1 Å². The maximum atomic E-state index is 12.1. The topological polar surface area (TPSA) is 88.7 Å². The van der Waals surface area contributed by atoms with Gasteiger partial charge in [0.25, 0.3) is 0 Å². The smallest absolute Gasteiger partial charge is 0.321 e. The molecule has 0 aliphatic carbocycles. The predicted octanol–water partition coefficient (Wildman–Crippen LogP) is 2.67. The molecule has 26 heavy (non-hydrogen) atoms. The lowest BCUT2D eigenvalue weighted by Crippen LogP contribution is -2.51. The molecule has 3 N–H and O–H groups in total. The van der Waals surface area contributed by atoms with Crippen LogP contribution in [-0.2, 0) is 9.53 Å². The van der Waals surface area contributed by atoms with E-state index < -0.39 is 23.5 Å². The predicted molar refractivity (Wildman–Crippen MR) is 100 cm³/mol. The van der Waals surface area contributed by atoms with Crippen molar-refractivity contribution in [3.8, 4) is 5.75 Å². The first-order chi connectivity index (χ1) is 12.2. The average Bonchev–Trinajstić information content (AvgIpc) is 3.05. The highest BCUT2D eigenvalue weighted by Gasteiger charge is 2.19. The summed E-state index contributed by atoms with van der Waals surface area (Å²) in [4.78, 5) is 23.8. The third-order valence-corrected chi connectivity index (χ3v) is 3.82. The van der Waals surface area contributed by atoms with Crippen molar-refractivity contribution in [1.82, 2.24) is 10.6 Å². The highest BCUT2D eigenvalue weighted by Crippen LogP contribution is 2.19. The van der Waals surface area contributed by atoms with Crippen molar-refractivity contribution in [3.05, 3.63) is 24.3 Å². The van der Waals surface area contributed by atoms with Crippen molar-refractivity contribution in [2.45, 2.75) is 58.2 Å². The van der Waals surface area contributed by atoms with Gasteiger partial charge in [-0.1, -0.05) is 0 Å². The van der Waals surface area contributed by atoms with E-state index in [0.29, 0.717) is 6.61 Å². The maximum absolute atomic E-state index is 12.1. The van der Waals surface area contributed by atoms with Crippen LogP contribution in [0.5, 0.6) is 5.75 Å². The number of hydrogen-bond acceptors (Lipinski definition) is 5. The molecular formula is C19H29N3O4. The van der Waals surface area contributed by atoms with Crippen molar-refractivity contribution >= 4 is 17.6 Å². The number of carbonyl (C=O) groups is 2. The van der Waals surface area contributed by atoms with Crippen LogP contribution in [0.15, 0.2) is 24.3 Å². The van der Waals surface area contributed by atoms with E-state index >= 15 is 0 Å². The van der Waals surface area contributed by atoms with Crippen molar-refractivity contribution in [2.75, 3.05) is 18.5 Å². The molecule has 7 heteroatoms. The second kappa shape index (κ2) is 8.89. The molecule has 3 amide bonds. The number of hydrogen-bond donors (Lipinski definition) is 3. The van der Waals surface area contributed by atoms with Crippen molar-refractivity contribution in [1.29, 1.82) is 0 Å². The summed E-state index contributed by atoms with van der Waals surface area (Å²) in [6, 6.07) is 6.30. The minimum absolute atomic E-state index is 0.177. The molecule has 1 aromatic carbocycles. The van der Waals surface area contributed by atoms with Gasteiger partial charge in [0, 0.05) is 17.8 Å². The van der Waals surface area contributed by atoms with Gasteiger partial charge >= 0.3 is 6.03 Å². The summed E-state index contributed by atoms with van der Waals surface area (Å²) < 4.78 is 11.2. The summed E-state index contributed by atoms with van der Waals surface area (Å²) in [5, 5.41) is 8.08. The monoisotopic (exact) mass is 363 g/mol. The summed E-state index contributed by atoms with van der Waals surface area (Å²) >= 11 is 0. The minimum atomic E-state index is -0.556. The van der Waals surface area contributed by atoms with E-state index in [1.165, 1.54) is 0 Å². The van der Waals surface area contributed by atoms with Crippen molar-refractivity contribution in [3.63, 3.8) is 0 Å². The fraction of sp³-hybridized carbons (Fsp3) is 0.579. The van der Waals surface area contributed by atoms with Crippen LogP contribution in [0.3, 0.4) is 0 Å². The normalized spacial score (nSPS) is 18.1. The van der Waals surface area contributed by atoms with Crippen LogP contribution in [0.25, 0.3) is 0 Å². The number of urea groups is 1. The first kappa shape index (κ1) is 20.0. The molecule has 1 saturated heterocycles. The number of ether oxygens (including phenoxy) is 2. The lowest BCUT2D eigenvalue weighted by atomic mass is 10.1. The number of imide groups is 1. The number of carbonyl (C=O) groups excluding carboxylic acids is 2. The van der Waals surface area contributed by atoms with E-state index in [1.54, 1.807) is 6.92 Å². The van der Waals surface area contributed by atoms with E-state index in [9.17, 15) is 9.59 Å². The first-order valence-corrected chi connectivity index (χ1v) is 8.97. The van der Waals surface area contributed by atoms with Crippen LogP contribution >= 0.6 is 0 Å². The Labute approximate surface area is 154 Å². The summed E-state index contributed by atoms with van der Waals surface area (Å²) in [6.07, 6.45) is 2.30. The Hall–Kier alpha value is -2.28. The number of amides is 3. The van der Waals surface area contributed by atoms with Gasteiger partial charge in [-0.15, -0.1) is 0 Å². The molecule has 0 spiro atoms. The lowest BCUT2D eigenvalue weighted by Gasteiger charge is -2.21. The largest absolute Gasteiger partial charge is 0.491 e. The van der Waals surface area contributed by atoms with Gasteiger partial charge in [-0.3, -0.25) is 10.1 Å². The fourth-order valence-electron chi connectivity index (χ4n) is 2.52. The van der Waals surface area contributed by atoms with Crippen LogP contribution in [0.2, 0.25) is 0 Å². The van der Waals surface area contributed by atoms with E-state index in [1.807, 2.05) is 45.0 Å². The SMILES string of the molecule is C[C@H](Nc1ccc(OC[C@H]2CCCO2)cc1)C(=O)NC(=O)NC(C)(C)C. The Balaban J connectivity index is 1.77. The van der Waals surface area contributed by atoms with E-state index in [-0.39, 0.29) is 6.10 Å². The molecule has 7 nitrogen and oxygen atoms in total. The van der Waals surface area contributed by atoms with Crippen LogP contribution in [-0.4, -0.2) is 42.8 Å². The molecular weight excluding hydrogens is 334 g/mol. The molecule has 2 atom stereocenters. The number of rotatable bonds is 6. The number of anilines is 1. The molecule has 0 radical (unpaired) electrons. The van der Waals surface area contributed by atoms with Gasteiger partial charge in [-0.25, -0.2) is 4.79 Å². The second-order valence-electron chi connectivity index (χ2n) is 7.53. The molecule has 144 valence electrons. The number of benzene rings is 1. The standard InChI is InChI=1S/C19H29N3O4/c1-13(17(23)21-18(24)22-19(2,3)4)20-14-7-9-15(10-8-14)26-12-16-6-5-11-25-16/h7-10,13,16,20H,5-6,11-12H2,1-4H3,(H2,21,22,23,24)/t13-,16+/m0/s1. The fourth-order valence-corrected chi connectivity index (χ4v) is 2.52. The van der Waals surface area contributed by atoms with E-state index in [0.717, 1.165) is 30.9 Å². The summed E-state index contributed by atoms with van der Waals surface area (Å²) in [5.74, 6) is 0.359. The Morgan fingerprint density at radius 3 is 2.54 bits per heavy atom. The molecule has 1 aliphatic rings. The van der Waals surface area contributed by atoms with Crippen LogP contribution < -0.4 is 20.7 Å². The minimum Gasteiger partial charge on any atom is -0.491 e. The van der Waals surface area contributed by atoms with Crippen LogP contribution in [0.1, 0.15) is 40.5 Å². The molecule has 1 fully saturated rings. The third kappa shape index (κ3) is 6.92. The highest BCUT2D eigenvalue weighted by atomic mass is 16.5. The number of nitrogens with one attached hydrogen (secondary N) is 3. The molecule has 0 aromatic heterocycles. The highest BCUT2D eigenvalue weighted by molar-refractivity contribution is 5.98. The third-order valence-electron chi connectivity index (χ3n) is 3.82. The molecule has 0 bridgehead atoms. The quantitative estimate of drug-likeness (QED) is 0.723.